The largest absolute Gasteiger partial charge is 0.379 e. The predicted molar refractivity (Wildman–Crippen MR) is 112 cm³/mol. The number of nitrogens with zero attached hydrogens (tertiary/aromatic N) is 2. The molecule has 1 aromatic rings. The normalized spacial score (nSPS) is 19.8. The second-order valence-corrected chi connectivity index (χ2v) is 9.60. The van der Waals surface area contributed by atoms with E-state index in [0.717, 1.165) is 32.5 Å². The van der Waals surface area contributed by atoms with Gasteiger partial charge in [0.15, 0.2) is 0 Å². The van der Waals surface area contributed by atoms with E-state index in [-0.39, 0.29) is 10.9 Å². The van der Waals surface area contributed by atoms with Gasteiger partial charge in [0, 0.05) is 25.3 Å². The van der Waals surface area contributed by atoms with E-state index in [9.17, 15) is 13.2 Å². The molecular weight excluding hydrogens is 392 g/mol. The minimum atomic E-state index is -3.58. The molecule has 0 spiro atoms. The molecule has 2 heterocycles. The highest BCUT2D eigenvalue weighted by Crippen LogP contribution is 2.21. The van der Waals surface area contributed by atoms with Crippen LogP contribution in [0.15, 0.2) is 29.2 Å². The summed E-state index contributed by atoms with van der Waals surface area (Å²) in [4.78, 5) is 14.9. The Morgan fingerprint density at radius 2 is 1.90 bits per heavy atom. The predicted octanol–water partition coefficient (Wildman–Crippen LogP) is 1.95. The zero-order valence-electron chi connectivity index (χ0n) is 17.1. The third-order valence-electron chi connectivity index (χ3n) is 5.50. The molecule has 2 amide bonds. The van der Waals surface area contributed by atoms with Gasteiger partial charge in [-0.2, -0.15) is 4.31 Å². The average molecular weight is 425 g/mol. The molecule has 2 aliphatic heterocycles. The number of rotatable bonds is 7. The van der Waals surface area contributed by atoms with Gasteiger partial charge >= 0.3 is 6.03 Å². The van der Waals surface area contributed by atoms with Crippen LogP contribution < -0.4 is 10.6 Å². The van der Waals surface area contributed by atoms with E-state index in [2.05, 4.69) is 22.5 Å². The second-order valence-electron chi connectivity index (χ2n) is 7.66. The van der Waals surface area contributed by atoms with Crippen molar-refractivity contribution in [1.29, 1.82) is 0 Å². The number of likely N-dealkylation sites (tertiary alicyclic amines) is 1. The third kappa shape index (κ3) is 6.15. The van der Waals surface area contributed by atoms with E-state index in [0.29, 0.717) is 44.5 Å². The number of benzene rings is 1. The molecule has 2 saturated heterocycles. The standard InChI is InChI=1S/C20H32N4O4S/c1-2-8-23-9-6-17(7-10-23)16-21-20(25)22-18-4-3-5-19(15-18)29(26,27)24-11-13-28-14-12-24/h3-5,15,17H,2,6-14,16H2,1H3,(H2,21,22,25). The molecule has 3 rings (SSSR count). The fraction of sp³-hybridized carbons (Fsp3) is 0.650. The molecule has 29 heavy (non-hydrogen) atoms. The minimum absolute atomic E-state index is 0.181. The second kappa shape index (κ2) is 10.4. The molecular formula is C20H32N4O4S. The van der Waals surface area contributed by atoms with Crippen LogP contribution in [0, 0.1) is 5.92 Å². The number of morpholine rings is 1. The van der Waals surface area contributed by atoms with Gasteiger partial charge in [0.1, 0.15) is 0 Å². The Kier molecular flexibility index (Phi) is 7.88. The van der Waals surface area contributed by atoms with Gasteiger partial charge in [0.05, 0.1) is 18.1 Å². The van der Waals surface area contributed by atoms with Crippen molar-refractivity contribution in [2.24, 2.45) is 5.92 Å². The van der Waals surface area contributed by atoms with E-state index in [1.807, 2.05) is 0 Å². The van der Waals surface area contributed by atoms with E-state index in [1.54, 1.807) is 18.2 Å². The van der Waals surface area contributed by atoms with Gasteiger partial charge < -0.3 is 20.3 Å². The highest BCUT2D eigenvalue weighted by atomic mass is 32.2. The first kappa shape index (κ1) is 22.0. The lowest BCUT2D eigenvalue weighted by Gasteiger charge is -2.31. The Morgan fingerprint density at radius 1 is 1.17 bits per heavy atom. The van der Waals surface area contributed by atoms with Crippen molar-refractivity contribution in [2.45, 2.75) is 31.1 Å². The van der Waals surface area contributed by atoms with Crippen molar-refractivity contribution < 1.29 is 17.9 Å². The number of anilines is 1. The van der Waals surface area contributed by atoms with Gasteiger partial charge in [-0.15, -0.1) is 0 Å². The number of sulfonamides is 1. The van der Waals surface area contributed by atoms with Crippen molar-refractivity contribution in [3.63, 3.8) is 0 Å². The first-order valence-corrected chi connectivity index (χ1v) is 11.9. The van der Waals surface area contributed by atoms with Gasteiger partial charge in [-0.1, -0.05) is 13.0 Å². The average Bonchev–Trinajstić information content (AvgIpc) is 2.74. The number of hydrogen-bond acceptors (Lipinski definition) is 5. The van der Waals surface area contributed by atoms with Crippen LogP contribution in [0.4, 0.5) is 10.5 Å². The minimum Gasteiger partial charge on any atom is -0.379 e. The first-order chi connectivity index (χ1) is 14.0. The lowest BCUT2D eigenvalue weighted by Crippen LogP contribution is -2.40. The fourth-order valence-corrected chi connectivity index (χ4v) is 5.27. The van der Waals surface area contributed by atoms with Crippen molar-refractivity contribution in [1.82, 2.24) is 14.5 Å². The molecule has 0 bridgehead atoms. The molecule has 2 aliphatic rings. The summed E-state index contributed by atoms with van der Waals surface area (Å²) in [5.41, 5.74) is 0.467. The van der Waals surface area contributed by atoms with E-state index < -0.39 is 10.0 Å². The molecule has 8 nitrogen and oxygen atoms in total. The molecule has 162 valence electrons. The molecule has 2 fully saturated rings. The molecule has 2 N–H and O–H groups in total. The summed E-state index contributed by atoms with van der Waals surface area (Å²) in [6, 6.07) is 6.10. The topological polar surface area (TPSA) is 91.0 Å². The summed E-state index contributed by atoms with van der Waals surface area (Å²) in [7, 11) is -3.58. The van der Waals surface area contributed by atoms with Crippen LogP contribution in [0.3, 0.4) is 0 Å². The molecule has 0 aliphatic carbocycles. The summed E-state index contributed by atoms with van der Waals surface area (Å²) < 4.78 is 32.2. The van der Waals surface area contributed by atoms with Crippen LogP contribution in [0.25, 0.3) is 0 Å². The Morgan fingerprint density at radius 3 is 2.59 bits per heavy atom. The van der Waals surface area contributed by atoms with E-state index in [4.69, 9.17) is 4.74 Å². The van der Waals surface area contributed by atoms with E-state index in [1.165, 1.54) is 16.8 Å². The van der Waals surface area contributed by atoms with Gasteiger partial charge in [-0.3, -0.25) is 0 Å². The number of hydrogen-bond donors (Lipinski definition) is 2. The van der Waals surface area contributed by atoms with Crippen LogP contribution in [0.2, 0.25) is 0 Å². The maximum absolute atomic E-state index is 12.8. The maximum Gasteiger partial charge on any atom is 0.319 e. The summed E-state index contributed by atoms with van der Waals surface area (Å²) in [6.45, 7) is 7.64. The maximum atomic E-state index is 12.8. The van der Waals surface area contributed by atoms with Crippen molar-refractivity contribution in [2.75, 3.05) is 57.8 Å². The number of carbonyl (C=O) groups is 1. The number of urea groups is 1. The van der Waals surface area contributed by atoms with Gasteiger partial charge in [-0.05, 0) is 63.0 Å². The van der Waals surface area contributed by atoms with Crippen LogP contribution in [0.5, 0.6) is 0 Å². The van der Waals surface area contributed by atoms with E-state index >= 15 is 0 Å². The molecule has 0 unspecified atom stereocenters. The summed E-state index contributed by atoms with van der Waals surface area (Å²) >= 11 is 0. The fourth-order valence-electron chi connectivity index (χ4n) is 3.81. The van der Waals surface area contributed by atoms with Crippen LogP contribution in [-0.4, -0.2) is 76.1 Å². The summed E-state index contributed by atoms with van der Waals surface area (Å²) in [6.07, 6.45) is 3.35. The lowest BCUT2D eigenvalue weighted by atomic mass is 9.97. The first-order valence-electron chi connectivity index (χ1n) is 10.4. The van der Waals surface area contributed by atoms with Crippen LogP contribution >= 0.6 is 0 Å². The number of nitrogens with one attached hydrogen (secondary N) is 2. The number of carbonyl (C=O) groups excluding carboxylic acids is 1. The molecule has 0 aromatic heterocycles. The van der Waals surface area contributed by atoms with Gasteiger partial charge in [0.2, 0.25) is 10.0 Å². The van der Waals surface area contributed by atoms with Crippen LogP contribution in [0.1, 0.15) is 26.2 Å². The Labute approximate surface area is 173 Å². The zero-order chi connectivity index (χ0) is 20.7. The molecule has 1 aromatic carbocycles. The van der Waals surface area contributed by atoms with Crippen molar-refractivity contribution >= 4 is 21.7 Å². The highest BCUT2D eigenvalue weighted by Gasteiger charge is 2.26. The Bertz CT molecular complexity index is 772. The number of ether oxygens (including phenoxy) is 1. The molecule has 9 heteroatoms. The van der Waals surface area contributed by atoms with Crippen LogP contribution in [-0.2, 0) is 14.8 Å². The molecule has 0 radical (unpaired) electrons. The Balaban J connectivity index is 1.50. The summed E-state index contributed by atoms with van der Waals surface area (Å²) in [5.74, 6) is 0.488. The SMILES string of the molecule is CCCN1CCC(CNC(=O)Nc2cccc(S(=O)(=O)N3CCOCC3)c2)CC1. The monoisotopic (exact) mass is 424 g/mol. The van der Waals surface area contributed by atoms with Crippen molar-refractivity contribution in [3.8, 4) is 0 Å². The van der Waals surface area contributed by atoms with Crippen molar-refractivity contribution in [3.05, 3.63) is 24.3 Å². The quantitative estimate of drug-likeness (QED) is 0.698. The summed E-state index contributed by atoms with van der Waals surface area (Å²) in [5, 5.41) is 5.68. The highest BCUT2D eigenvalue weighted by molar-refractivity contribution is 7.89. The Hall–Kier alpha value is -1.68. The van der Waals surface area contributed by atoms with Gasteiger partial charge in [0.25, 0.3) is 0 Å². The van der Waals surface area contributed by atoms with Gasteiger partial charge in [-0.25, -0.2) is 13.2 Å². The zero-order valence-corrected chi connectivity index (χ0v) is 17.9. The number of piperidine rings is 1. The smallest absolute Gasteiger partial charge is 0.319 e. The number of amides is 2. The third-order valence-corrected chi connectivity index (χ3v) is 7.39. The molecule has 0 saturated carbocycles. The lowest BCUT2D eigenvalue weighted by molar-refractivity contribution is 0.0730. The molecule has 0 atom stereocenters.